The highest BCUT2D eigenvalue weighted by molar-refractivity contribution is 6.01. The van der Waals surface area contributed by atoms with Gasteiger partial charge in [0.05, 0.1) is 18.9 Å². The molecule has 9 nitrogen and oxygen atoms in total. The normalized spacial score (nSPS) is 11.6. The Morgan fingerprint density at radius 2 is 1.75 bits per heavy atom. The highest BCUT2D eigenvalue weighted by Crippen LogP contribution is 2.21. The molecule has 0 aliphatic heterocycles. The lowest BCUT2D eigenvalue weighted by molar-refractivity contribution is -0.119. The Bertz CT molecular complexity index is 867. The fraction of sp³-hybridized carbons (Fsp3) is 0.389. The number of nitrogens with one attached hydrogen (secondary N) is 1. The third-order valence-corrected chi connectivity index (χ3v) is 3.75. The van der Waals surface area contributed by atoms with E-state index in [4.69, 9.17) is 9.47 Å². The third-order valence-electron chi connectivity index (χ3n) is 3.75. The Morgan fingerprint density at radius 3 is 2.36 bits per heavy atom. The van der Waals surface area contributed by atoms with E-state index in [2.05, 4.69) is 15.6 Å². The summed E-state index contributed by atoms with van der Waals surface area (Å²) in [5.41, 5.74) is -0.664. The molecule has 1 unspecified atom stereocenters. The molecule has 2 rings (SSSR count). The van der Waals surface area contributed by atoms with Gasteiger partial charge < -0.3 is 14.8 Å². The highest BCUT2D eigenvalue weighted by Gasteiger charge is 2.33. The number of benzene rings is 1. The first-order valence-electron chi connectivity index (χ1n) is 8.79. The van der Waals surface area contributed by atoms with Crippen molar-refractivity contribution in [2.24, 2.45) is 0 Å². The van der Waals surface area contributed by atoms with Crippen molar-refractivity contribution in [2.75, 3.05) is 18.5 Å². The monoisotopic (exact) mass is 392 g/mol. The summed E-state index contributed by atoms with van der Waals surface area (Å²) < 4.78 is 24.7. The molecular formula is C18H21FN4O5. The number of aromatic nitrogens is 3. The fourth-order valence-electron chi connectivity index (χ4n) is 2.49. The summed E-state index contributed by atoms with van der Waals surface area (Å²) in [7, 11) is 0. The molecule has 28 heavy (non-hydrogen) atoms. The average molecular weight is 392 g/mol. The van der Waals surface area contributed by atoms with Gasteiger partial charge in [0.1, 0.15) is 11.9 Å². The van der Waals surface area contributed by atoms with Crippen LogP contribution >= 0.6 is 0 Å². The fourth-order valence-corrected chi connectivity index (χ4v) is 2.49. The molecule has 0 saturated heterocycles. The van der Waals surface area contributed by atoms with E-state index in [0.29, 0.717) is 0 Å². The molecule has 0 aliphatic rings. The van der Waals surface area contributed by atoms with Gasteiger partial charge in [-0.15, -0.1) is 5.10 Å². The molecule has 10 heteroatoms. The Hall–Kier alpha value is -3.30. The molecule has 0 saturated carbocycles. The molecule has 1 aromatic heterocycles. The molecule has 1 N–H and O–H groups in total. The van der Waals surface area contributed by atoms with Crippen LogP contribution in [0, 0.1) is 5.82 Å². The Kier molecular flexibility index (Phi) is 7.19. The molecule has 0 fully saturated rings. The average Bonchev–Trinajstić information content (AvgIpc) is 3.09. The first-order valence-corrected chi connectivity index (χ1v) is 8.79. The molecule has 0 aliphatic carbocycles. The largest absolute Gasteiger partial charge is 0.461 e. The highest BCUT2D eigenvalue weighted by atomic mass is 19.1. The second-order valence-electron chi connectivity index (χ2n) is 5.57. The first kappa shape index (κ1) is 21.0. The summed E-state index contributed by atoms with van der Waals surface area (Å²) >= 11 is 0. The molecule has 0 bridgehead atoms. The minimum atomic E-state index is -1.03. The Morgan fingerprint density at radius 1 is 1.11 bits per heavy atom. The van der Waals surface area contributed by atoms with Gasteiger partial charge in [0.2, 0.25) is 11.6 Å². The maximum absolute atomic E-state index is 13.8. The van der Waals surface area contributed by atoms with Crippen molar-refractivity contribution in [1.29, 1.82) is 0 Å². The SMILES string of the molecule is CCOC(=O)c1nnn(C(CC)C(=O)Nc2ccccc2F)c1C(=O)OCC. The number of carbonyl (C=O) groups excluding carboxylic acids is 3. The third kappa shape index (κ3) is 4.51. The lowest BCUT2D eigenvalue weighted by Crippen LogP contribution is -2.30. The maximum atomic E-state index is 13.8. The number of halogens is 1. The van der Waals surface area contributed by atoms with E-state index < -0.39 is 29.7 Å². The molecule has 1 atom stereocenters. The summed E-state index contributed by atoms with van der Waals surface area (Å²) in [5, 5.41) is 9.94. The summed E-state index contributed by atoms with van der Waals surface area (Å²) in [5.74, 6) is -2.96. The van der Waals surface area contributed by atoms with Gasteiger partial charge in [-0.2, -0.15) is 0 Å². The second-order valence-corrected chi connectivity index (χ2v) is 5.57. The molecule has 2 aromatic rings. The molecule has 1 heterocycles. The van der Waals surface area contributed by atoms with Gasteiger partial charge in [-0.1, -0.05) is 24.3 Å². The standard InChI is InChI=1S/C18H21FN4O5/c1-4-13(16(24)20-12-10-8-7-9-11(12)19)23-15(18(26)28-6-3)14(21-22-23)17(25)27-5-2/h7-10,13H,4-6H2,1-3H3,(H,20,24). The van der Waals surface area contributed by atoms with Gasteiger partial charge in [-0.25, -0.2) is 18.7 Å². The van der Waals surface area contributed by atoms with E-state index in [-0.39, 0.29) is 36.7 Å². The summed E-state index contributed by atoms with van der Waals surface area (Å²) in [6.07, 6.45) is 0.193. The molecule has 150 valence electrons. The zero-order valence-corrected chi connectivity index (χ0v) is 15.8. The topological polar surface area (TPSA) is 112 Å². The van der Waals surface area contributed by atoms with Crippen molar-refractivity contribution in [3.63, 3.8) is 0 Å². The van der Waals surface area contributed by atoms with Crippen molar-refractivity contribution in [1.82, 2.24) is 15.0 Å². The zero-order chi connectivity index (χ0) is 20.7. The number of para-hydroxylation sites is 1. The van der Waals surface area contributed by atoms with Crippen molar-refractivity contribution in [3.8, 4) is 0 Å². The predicted molar refractivity (Wildman–Crippen MR) is 96.3 cm³/mol. The van der Waals surface area contributed by atoms with E-state index in [1.54, 1.807) is 26.8 Å². The summed E-state index contributed by atoms with van der Waals surface area (Å²) in [6, 6.07) is 4.63. The van der Waals surface area contributed by atoms with Gasteiger partial charge in [-0.3, -0.25) is 4.79 Å². The molecular weight excluding hydrogens is 371 g/mol. The molecule has 0 radical (unpaired) electrons. The van der Waals surface area contributed by atoms with E-state index in [0.717, 1.165) is 4.68 Å². The number of anilines is 1. The minimum Gasteiger partial charge on any atom is -0.461 e. The number of ether oxygens (including phenoxy) is 2. The predicted octanol–water partition coefficient (Wildman–Crippen LogP) is 2.36. The van der Waals surface area contributed by atoms with Gasteiger partial charge >= 0.3 is 11.9 Å². The van der Waals surface area contributed by atoms with E-state index >= 15 is 0 Å². The molecule has 1 amide bonds. The van der Waals surface area contributed by atoms with Crippen molar-refractivity contribution < 1.29 is 28.2 Å². The number of hydrogen-bond donors (Lipinski definition) is 1. The molecule has 0 spiro atoms. The van der Waals surface area contributed by atoms with Crippen LogP contribution in [0.15, 0.2) is 24.3 Å². The number of amides is 1. The quantitative estimate of drug-likeness (QED) is 0.686. The first-order chi connectivity index (χ1) is 13.4. The maximum Gasteiger partial charge on any atom is 0.361 e. The van der Waals surface area contributed by atoms with Gasteiger partial charge in [0.15, 0.2) is 5.69 Å². The number of nitrogens with zero attached hydrogens (tertiary/aromatic N) is 3. The lowest BCUT2D eigenvalue weighted by atomic mass is 10.2. The minimum absolute atomic E-state index is 0.0191. The van der Waals surface area contributed by atoms with Gasteiger partial charge in [0, 0.05) is 0 Å². The van der Waals surface area contributed by atoms with Crippen LogP contribution in [0.1, 0.15) is 54.2 Å². The van der Waals surface area contributed by atoms with Crippen LogP contribution in [0.4, 0.5) is 10.1 Å². The van der Waals surface area contributed by atoms with Gasteiger partial charge in [0.25, 0.3) is 0 Å². The van der Waals surface area contributed by atoms with Gasteiger partial charge in [-0.05, 0) is 32.4 Å². The Labute approximate surface area is 160 Å². The number of rotatable bonds is 8. The van der Waals surface area contributed by atoms with E-state index in [1.807, 2.05) is 0 Å². The second kappa shape index (κ2) is 9.58. The number of hydrogen-bond acceptors (Lipinski definition) is 7. The smallest absolute Gasteiger partial charge is 0.361 e. The zero-order valence-electron chi connectivity index (χ0n) is 15.8. The van der Waals surface area contributed by atoms with Crippen molar-refractivity contribution >= 4 is 23.5 Å². The number of carbonyl (C=O) groups is 3. The number of esters is 2. The van der Waals surface area contributed by atoms with E-state index in [9.17, 15) is 18.8 Å². The van der Waals surface area contributed by atoms with Crippen LogP contribution in [-0.4, -0.2) is 46.1 Å². The van der Waals surface area contributed by atoms with Crippen LogP contribution in [0.5, 0.6) is 0 Å². The van der Waals surface area contributed by atoms with Crippen molar-refractivity contribution in [2.45, 2.75) is 33.2 Å². The van der Waals surface area contributed by atoms with Crippen LogP contribution in [-0.2, 0) is 14.3 Å². The van der Waals surface area contributed by atoms with Crippen LogP contribution < -0.4 is 5.32 Å². The van der Waals surface area contributed by atoms with Crippen LogP contribution in [0.25, 0.3) is 0 Å². The summed E-state index contributed by atoms with van der Waals surface area (Å²) in [6.45, 7) is 4.98. The Balaban J connectivity index is 2.42. The van der Waals surface area contributed by atoms with E-state index in [1.165, 1.54) is 18.2 Å². The summed E-state index contributed by atoms with van der Waals surface area (Å²) in [4.78, 5) is 37.2. The van der Waals surface area contributed by atoms with Crippen molar-refractivity contribution in [3.05, 3.63) is 41.5 Å². The van der Waals surface area contributed by atoms with Crippen LogP contribution in [0.3, 0.4) is 0 Å². The molecule has 1 aromatic carbocycles. The van der Waals surface area contributed by atoms with Crippen LogP contribution in [0.2, 0.25) is 0 Å². The lowest BCUT2D eigenvalue weighted by Gasteiger charge is -2.17.